The summed E-state index contributed by atoms with van der Waals surface area (Å²) in [6.45, 7) is 2.64. The molecule has 0 spiro atoms. The molecule has 0 saturated heterocycles. The van der Waals surface area contributed by atoms with E-state index in [4.69, 9.17) is 0 Å². The molecular formula is C13H18N2O. The summed E-state index contributed by atoms with van der Waals surface area (Å²) in [7, 11) is 4.01. The molecule has 0 bridgehead atoms. The first-order valence-electron chi connectivity index (χ1n) is 5.30. The van der Waals surface area contributed by atoms with Gasteiger partial charge in [0.05, 0.1) is 0 Å². The highest BCUT2D eigenvalue weighted by molar-refractivity contribution is 5.99. The van der Waals surface area contributed by atoms with Gasteiger partial charge in [0.2, 0.25) is 5.91 Å². The van der Waals surface area contributed by atoms with Crippen LogP contribution in [0, 0.1) is 0 Å². The van der Waals surface area contributed by atoms with E-state index in [1.165, 1.54) is 6.08 Å². The van der Waals surface area contributed by atoms with Crippen molar-refractivity contribution >= 4 is 11.6 Å². The van der Waals surface area contributed by atoms with Crippen molar-refractivity contribution in [3.63, 3.8) is 0 Å². The van der Waals surface area contributed by atoms with Crippen molar-refractivity contribution in [1.82, 2.24) is 4.90 Å². The van der Waals surface area contributed by atoms with E-state index in [0.29, 0.717) is 0 Å². The summed E-state index contributed by atoms with van der Waals surface area (Å²) in [6.07, 6.45) is 3.25. The number of nitrogens with zero attached hydrogens (tertiary/aromatic N) is 1. The molecule has 1 aromatic rings. The third-order valence-electron chi connectivity index (χ3n) is 2.08. The number of para-hydroxylation sites is 1. The normalized spacial score (nSPS) is 11.0. The number of amides is 1. The lowest BCUT2D eigenvalue weighted by atomic mass is 10.1. The van der Waals surface area contributed by atoms with Gasteiger partial charge >= 0.3 is 0 Å². The number of rotatable bonds is 4. The Bertz CT molecular complexity index is 383. The van der Waals surface area contributed by atoms with Crippen molar-refractivity contribution < 1.29 is 4.79 Å². The second-order valence-electron chi connectivity index (χ2n) is 3.88. The van der Waals surface area contributed by atoms with Crippen LogP contribution in [0.15, 0.2) is 36.4 Å². The number of hydrogen-bond acceptors (Lipinski definition) is 2. The molecule has 0 unspecified atom stereocenters. The first kappa shape index (κ1) is 12.5. The van der Waals surface area contributed by atoms with Crippen molar-refractivity contribution in [1.29, 1.82) is 0 Å². The van der Waals surface area contributed by atoms with E-state index in [2.05, 4.69) is 10.2 Å². The van der Waals surface area contributed by atoms with Crippen LogP contribution < -0.4 is 5.32 Å². The van der Waals surface area contributed by atoms with Crippen LogP contribution in [-0.4, -0.2) is 24.9 Å². The Balaban J connectivity index is 2.82. The van der Waals surface area contributed by atoms with E-state index in [-0.39, 0.29) is 5.91 Å². The lowest BCUT2D eigenvalue weighted by Crippen LogP contribution is -2.15. The van der Waals surface area contributed by atoms with Gasteiger partial charge in [0, 0.05) is 12.2 Å². The average molecular weight is 218 g/mol. The summed E-state index contributed by atoms with van der Waals surface area (Å²) in [5, 5.41) is 2.86. The molecule has 0 aromatic heterocycles. The number of carbonyl (C=O) groups excluding carboxylic acids is 1. The maximum atomic E-state index is 11.4. The molecular weight excluding hydrogens is 200 g/mol. The van der Waals surface area contributed by atoms with Crippen molar-refractivity contribution in [2.45, 2.75) is 13.5 Å². The highest BCUT2D eigenvalue weighted by Gasteiger charge is 2.04. The van der Waals surface area contributed by atoms with E-state index < -0.39 is 0 Å². The molecule has 1 N–H and O–H groups in total. The van der Waals surface area contributed by atoms with Crippen molar-refractivity contribution in [3.8, 4) is 0 Å². The first-order valence-corrected chi connectivity index (χ1v) is 5.30. The van der Waals surface area contributed by atoms with Crippen LogP contribution in [0.5, 0.6) is 0 Å². The number of benzene rings is 1. The van der Waals surface area contributed by atoms with Crippen molar-refractivity contribution in [3.05, 3.63) is 42.0 Å². The summed E-state index contributed by atoms with van der Waals surface area (Å²) in [4.78, 5) is 13.5. The lowest BCUT2D eigenvalue weighted by molar-refractivity contribution is -0.111. The summed E-state index contributed by atoms with van der Waals surface area (Å²) >= 11 is 0. The summed E-state index contributed by atoms with van der Waals surface area (Å²) in [5.41, 5.74) is 1.99. The molecule has 1 aromatic carbocycles. The van der Waals surface area contributed by atoms with Gasteiger partial charge in [-0.2, -0.15) is 0 Å². The molecule has 16 heavy (non-hydrogen) atoms. The third kappa shape index (κ3) is 3.87. The quantitative estimate of drug-likeness (QED) is 0.786. The highest BCUT2D eigenvalue weighted by atomic mass is 16.1. The van der Waals surface area contributed by atoms with Crippen LogP contribution in [0.25, 0.3) is 0 Å². The molecule has 0 aliphatic rings. The number of carbonyl (C=O) groups is 1. The fraction of sp³-hybridized carbons (Fsp3) is 0.308. The largest absolute Gasteiger partial charge is 0.322 e. The van der Waals surface area contributed by atoms with Crippen LogP contribution >= 0.6 is 0 Å². The number of allylic oxidation sites excluding steroid dienone is 1. The standard InChI is InChI=1S/C13H18N2O/c1-4-7-13(16)14-12-9-6-5-8-11(12)10-15(2)3/h4-9H,10H2,1-3H3,(H,14,16)/b7-4+. The smallest absolute Gasteiger partial charge is 0.248 e. The maximum absolute atomic E-state index is 11.4. The predicted molar refractivity (Wildman–Crippen MR) is 67.3 cm³/mol. The number of anilines is 1. The Kier molecular flexibility index (Phi) is 4.73. The number of nitrogens with one attached hydrogen (secondary N) is 1. The Hall–Kier alpha value is -1.61. The molecule has 0 radical (unpaired) electrons. The SMILES string of the molecule is C/C=C/C(=O)Nc1ccccc1CN(C)C. The topological polar surface area (TPSA) is 32.3 Å². The van der Waals surface area contributed by atoms with Crippen LogP contribution in [-0.2, 0) is 11.3 Å². The zero-order valence-electron chi connectivity index (χ0n) is 10.0. The van der Waals surface area contributed by atoms with E-state index in [0.717, 1.165) is 17.8 Å². The van der Waals surface area contributed by atoms with E-state index in [1.54, 1.807) is 6.08 Å². The molecule has 3 nitrogen and oxygen atoms in total. The van der Waals surface area contributed by atoms with Crippen LogP contribution in [0.3, 0.4) is 0 Å². The van der Waals surface area contributed by atoms with Gasteiger partial charge in [-0.15, -0.1) is 0 Å². The van der Waals surface area contributed by atoms with Crippen LogP contribution in [0.2, 0.25) is 0 Å². The monoisotopic (exact) mass is 218 g/mol. The lowest BCUT2D eigenvalue weighted by Gasteiger charge is -2.14. The molecule has 86 valence electrons. The first-order chi connectivity index (χ1) is 7.63. The summed E-state index contributed by atoms with van der Waals surface area (Å²) in [6, 6.07) is 7.83. The molecule has 0 heterocycles. The van der Waals surface area contributed by atoms with Crippen LogP contribution in [0.4, 0.5) is 5.69 Å². The summed E-state index contributed by atoms with van der Waals surface area (Å²) in [5.74, 6) is -0.0892. The molecule has 1 rings (SSSR count). The minimum Gasteiger partial charge on any atom is -0.322 e. The van der Waals surface area contributed by atoms with Gasteiger partial charge in [-0.05, 0) is 38.7 Å². The Morgan fingerprint density at radius 1 is 1.38 bits per heavy atom. The molecule has 0 saturated carbocycles. The maximum Gasteiger partial charge on any atom is 0.248 e. The third-order valence-corrected chi connectivity index (χ3v) is 2.08. The number of hydrogen-bond donors (Lipinski definition) is 1. The predicted octanol–water partition coefficient (Wildman–Crippen LogP) is 2.26. The Morgan fingerprint density at radius 3 is 2.69 bits per heavy atom. The summed E-state index contributed by atoms with van der Waals surface area (Å²) < 4.78 is 0. The fourth-order valence-electron chi connectivity index (χ4n) is 1.45. The molecule has 0 fully saturated rings. The second kappa shape index (κ2) is 6.08. The Morgan fingerprint density at radius 2 is 2.06 bits per heavy atom. The molecule has 0 aliphatic carbocycles. The zero-order valence-corrected chi connectivity index (χ0v) is 10.0. The Labute approximate surface area is 96.8 Å². The van der Waals surface area contributed by atoms with Crippen molar-refractivity contribution in [2.75, 3.05) is 19.4 Å². The van der Waals surface area contributed by atoms with Gasteiger partial charge < -0.3 is 10.2 Å². The fourth-order valence-corrected chi connectivity index (χ4v) is 1.45. The van der Waals surface area contributed by atoms with Gasteiger partial charge in [-0.25, -0.2) is 0 Å². The minimum atomic E-state index is -0.0892. The zero-order chi connectivity index (χ0) is 12.0. The highest BCUT2D eigenvalue weighted by Crippen LogP contribution is 2.16. The van der Waals surface area contributed by atoms with Gasteiger partial charge in [0.1, 0.15) is 0 Å². The van der Waals surface area contributed by atoms with E-state index >= 15 is 0 Å². The second-order valence-corrected chi connectivity index (χ2v) is 3.88. The van der Waals surface area contributed by atoms with Gasteiger partial charge in [-0.3, -0.25) is 4.79 Å². The minimum absolute atomic E-state index is 0.0892. The molecule has 3 heteroatoms. The van der Waals surface area contributed by atoms with E-state index in [9.17, 15) is 4.79 Å². The van der Waals surface area contributed by atoms with Gasteiger partial charge in [0.15, 0.2) is 0 Å². The average Bonchev–Trinajstić information content (AvgIpc) is 2.20. The molecule has 1 amide bonds. The molecule has 0 aliphatic heterocycles. The van der Waals surface area contributed by atoms with Crippen LogP contribution in [0.1, 0.15) is 12.5 Å². The van der Waals surface area contributed by atoms with Crippen molar-refractivity contribution in [2.24, 2.45) is 0 Å². The molecule has 0 atom stereocenters. The van der Waals surface area contributed by atoms with Gasteiger partial charge in [-0.1, -0.05) is 24.3 Å². The van der Waals surface area contributed by atoms with Gasteiger partial charge in [0.25, 0.3) is 0 Å². The van der Waals surface area contributed by atoms with E-state index in [1.807, 2.05) is 45.3 Å².